The van der Waals surface area contributed by atoms with Crippen LogP contribution in [0, 0.1) is 5.92 Å². The summed E-state index contributed by atoms with van der Waals surface area (Å²) in [5.74, 6) is 0.604. The van der Waals surface area contributed by atoms with Crippen LogP contribution < -0.4 is 10.6 Å². The van der Waals surface area contributed by atoms with Crippen molar-refractivity contribution in [2.24, 2.45) is 5.92 Å². The molecule has 0 saturated carbocycles. The Balaban J connectivity index is 1.36. The number of nitrogens with zero attached hydrogens (tertiary/aromatic N) is 3. The van der Waals surface area contributed by atoms with Crippen LogP contribution in [0.1, 0.15) is 42.6 Å². The van der Waals surface area contributed by atoms with Crippen LogP contribution in [0.3, 0.4) is 0 Å². The van der Waals surface area contributed by atoms with Crippen molar-refractivity contribution in [2.45, 2.75) is 33.1 Å². The van der Waals surface area contributed by atoms with Gasteiger partial charge >= 0.3 is 6.03 Å². The molecule has 1 aromatic carbocycles. The van der Waals surface area contributed by atoms with Gasteiger partial charge in [-0.05, 0) is 56.3 Å². The molecule has 0 aromatic heterocycles. The average Bonchev–Trinajstić information content (AvgIpc) is 2.80. The molecule has 3 amide bonds. The fraction of sp³-hybridized carbons (Fsp3) is 0.667. The molecule has 31 heavy (non-hydrogen) atoms. The minimum Gasteiger partial charge on any atom is -0.351 e. The minimum absolute atomic E-state index is 0.00832. The van der Waals surface area contributed by atoms with Gasteiger partial charge in [0.25, 0.3) is 5.91 Å². The van der Waals surface area contributed by atoms with E-state index in [-0.39, 0.29) is 11.9 Å². The van der Waals surface area contributed by atoms with Crippen LogP contribution >= 0.6 is 0 Å². The number of amides is 3. The van der Waals surface area contributed by atoms with Crippen LogP contribution in [0.4, 0.5) is 4.79 Å². The van der Waals surface area contributed by atoms with Crippen molar-refractivity contribution < 1.29 is 9.59 Å². The Bertz CT molecular complexity index is 692. The zero-order valence-electron chi connectivity index (χ0n) is 19.2. The third-order valence-electron chi connectivity index (χ3n) is 6.60. The second-order valence-corrected chi connectivity index (χ2v) is 8.70. The molecular weight excluding hydrogens is 390 g/mol. The first-order chi connectivity index (χ1) is 15.1. The molecule has 3 rings (SSSR count). The van der Waals surface area contributed by atoms with Crippen molar-refractivity contribution >= 4 is 11.9 Å². The highest BCUT2D eigenvalue weighted by molar-refractivity contribution is 5.94. The molecule has 172 valence electrons. The maximum Gasteiger partial charge on any atom is 0.317 e. The molecule has 2 heterocycles. The summed E-state index contributed by atoms with van der Waals surface area (Å²) in [5, 5.41) is 5.94. The van der Waals surface area contributed by atoms with Crippen LogP contribution in [0.2, 0.25) is 0 Å². The maximum atomic E-state index is 12.5. The number of benzene rings is 1. The van der Waals surface area contributed by atoms with Crippen molar-refractivity contribution in [2.75, 3.05) is 65.4 Å². The Morgan fingerprint density at radius 1 is 0.903 bits per heavy atom. The van der Waals surface area contributed by atoms with Crippen LogP contribution in [0.5, 0.6) is 0 Å². The number of piperidine rings is 1. The van der Waals surface area contributed by atoms with Crippen LogP contribution in [-0.4, -0.2) is 92.1 Å². The fourth-order valence-electron chi connectivity index (χ4n) is 4.49. The van der Waals surface area contributed by atoms with Gasteiger partial charge in [0.2, 0.25) is 0 Å². The van der Waals surface area contributed by atoms with Gasteiger partial charge in [0, 0.05) is 64.5 Å². The predicted octanol–water partition coefficient (Wildman–Crippen LogP) is 2.04. The third-order valence-corrected chi connectivity index (χ3v) is 6.60. The van der Waals surface area contributed by atoms with Crippen molar-refractivity contribution in [1.29, 1.82) is 0 Å². The quantitative estimate of drug-likeness (QED) is 0.664. The van der Waals surface area contributed by atoms with E-state index in [1.54, 1.807) is 0 Å². The summed E-state index contributed by atoms with van der Waals surface area (Å²) in [5.41, 5.74) is 1.99. The van der Waals surface area contributed by atoms with Gasteiger partial charge in [-0.1, -0.05) is 19.1 Å². The lowest BCUT2D eigenvalue weighted by atomic mass is 9.90. The smallest absolute Gasteiger partial charge is 0.317 e. The van der Waals surface area contributed by atoms with Gasteiger partial charge < -0.3 is 20.4 Å². The van der Waals surface area contributed by atoms with Crippen molar-refractivity contribution in [1.82, 2.24) is 25.3 Å². The van der Waals surface area contributed by atoms with E-state index in [0.29, 0.717) is 19.0 Å². The maximum absolute atomic E-state index is 12.5. The second-order valence-electron chi connectivity index (χ2n) is 8.70. The molecule has 2 saturated heterocycles. The van der Waals surface area contributed by atoms with E-state index in [0.717, 1.165) is 77.2 Å². The molecule has 0 spiro atoms. The normalized spacial score (nSPS) is 18.7. The number of nitrogens with one attached hydrogen (secondary N) is 2. The van der Waals surface area contributed by atoms with E-state index in [1.165, 1.54) is 5.56 Å². The lowest BCUT2D eigenvalue weighted by Crippen LogP contribution is -2.48. The number of carbonyl (C=O) groups excluding carboxylic acids is 2. The Morgan fingerprint density at radius 3 is 2.16 bits per heavy atom. The Kier molecular flexibility index (Phi) is 9.15. The summed E-state index contributed by atoms with van der Waals surface area (Å²) in [7, 11) is 0. The molecule has 2 aliphatic heterocycles. The highest BCUT2D eigenvalue weighted by atomic mass is 16.2. The minimum atomic E-state index is 0.00832. The standard InChI is InChI=1S/C24H39N5O2/c1-3-25-24(31)29-12-9-21(10-13-29)19-20-5-7-22(8-6-20)23(30)26-11-14-28-17-15-27(4-2)16-18-28/h5-8,21H,3-4,9-19H2,1-2H3,(H,25,31)(H,26,30). The highest BCUT2D eigenvalue weighted by Gasteiger charge is 2.22. The number of urea groups is 1. The lowest BCUT2D eigenvalue weighted by molar-refractivity contribution is 0.0938. The lowest BCUT2D eigenvalue weighted by Gasteiger charge is -2.33. The first-order valence-corrected chi connectivity index (χ1v) is 11.9. The number of carbonyl (C=O) groups is 2. The summed E-state index contributed by atoms with van der Waals surface area (Å²) in [6, 6.07) is 8.09. The van der Waals surface area contributed by atoms with Crippen LogP contribution in [-0.2, 0) is 6.42 Å². The summed E-state index contributed by atoms with van der Waals surface area (Å²) in [6.45, 7) is 13.6. The Hall–Kier alpha value is -2.12. The average molecular weight is 430 g/mol. The van der Waals surface area contributed by atoms with Crippen LogP contribution in [0.25, 0.3) is 0 Å². The molecular formula is C24H39N5O2. The fourth-order valence-corrected chi connectivity index (χ4v) is 4.49. The molecule has 7 heteroatoms. The number of hydrogen-bond acceptors (Lipinski definition) is 4. The zero-order valence-corrected chi connectivity index (χ0v) is 19.2. The number of likely N-dealkylation sites (N-methyl/N-ethyl adjacent to an activating group) is 1. The third kappa shape index (κ3) is 7.21. The van der Waals surface area contributed by atoms with Crippen molar-refractivity contribution in [3.05, 3.63) is 35.4 Å². The van der Waals surface area contributed by atoms with E-state index in [2.05, 4.69) is 39.5 Å². The molecule has 1 aromatic rings. The number of likely N-dealkylation sites (tertiary alicyclic amines) is 1. The van der Waals surface area contributed by atoms with Gasteiger partial charge in [-0.15, -0.1) is 0 Å². The second kappa shape index (κ2) is 12.1. The monoisotopic (exact) mass is 429 g/mol. The molecule has 0 aliphatic carbocycles. The van der Waals surface area contributed by atoms with Crippen molar-refractivity contribution in [3.63, 3.8) is 0 Å². The first-order valence-electron chi connectivity index (χ1n) is 11.9. The van der Waals surface area contributed by atoms with Gasteiger partial charge in [0.05, 0.1) is 0 Å². The van der Waals surface area contributed by atoms with E-state index in [4.69, 9.17) is 0 Å². The molecule has 0 bridgehead atoms. The molecule has 2 N–H and O–H groups in total. The van der Waals surface area contributed by atoms with E-state index in [1.807, 2.05) is 24.0 Å². The van der Waals surface area contributed by atoms with E-state index < -0.39 is 0 Å². The van der Waals surface area contributed by atoms with Gasteiger partial charge in [-0.3, -0.25) is 9.69 Å². The number of hydrogen-bond donors (Lipinski definition) is 2. The van der Waals surface area contributed by atoms with E-state index >= 15 is 0 Å². The van der Waals surface area contributed by atoms with E-state index in [9.17, 15) is 9.59 Å². The molecule has 2 fully saturated rings. The van der Waals surface area contributed by atoms with Gasteiger partial charge in [0.1, 0.15) is 0 Å². The van der Waals surface area contributed by atoms with Gasteiger partial charge in [-0.2, -0.15) is 0 Å². The Morgan fingerprint density at radius 2 is 1.55 bits per heavy atom. The number of piperazine rings is 1. The predicted molar refractivity (Wildman–Crippen MR) is 124 cm³/mol. The number of rotatable bonds is 8. The summed E-state index contributed by atoms with van der Waals surface area (Å²) in [6.07, 6.45) is 3.08. The summed E-state index contributed by atoms with van der Waals surface area (Å²) >= 11 is 0. The molecule has 0 unspecified atom stereocenters. The van der Waals surface area contributed by atoms with Crippen molar-refractivity contribution in [3.8, 4) is 0 Å². The molecule has 0 atom stereocenters. The summed E-state index contributed by atoms with van der Waals surface area (Å²) in [4.78, 5) is 31.2. The zero-order chi connectivity index (χ0) is 22.1. The largest absolute Gasteiger partial charge is 0.351 e. The molecule has 7 nitrogen and oxygen atoms in total. The highest BCUT2D eigenvalue weighted by Crippen LogP contribution is 2.22. The van der Waals surface area contributed by atoms with Crippen LogP contribution in [0.15, 0.2) is 24.3 Å². The molecule has 2 aliphatic rings. The Labute approximate surface area is 187 Å². The topological polar surface area (TPSA) is 67.9 Å². The molecule has 0 radical (unpaired) electrons. The van der Waals surface area contributed by atoms with Gasteiger partial charge in [0.15, 0.2) is 0 Å². The van der Waals surface area contributed by atoms with Gasteiger partial charge in [-0.25, -0.2) is 4.79 Å². The SMILES string of the molecule is CCNC(=O)N1CCC(Cc2ccc(C(=O)NCCN3CCN(CC)CC3)cc2)CC1. The first kappa shape index (κ1) is 23.5. The summed E-state index contributed by atoms with van der Waals surface area (Å²) < 4.78 is 0.